The van der Waals surface area contributed by atoms with E-state index in [9.17, 15) is 8.78 Å². The van der Waals surface area contributed by atoms with Crippen LogP contribution in [0.5, 0.6) is 0 Å². The highest BCUT2D eigenvalue weighted by Gasteiger charge is 1.98. The Labute approximate surface area is 48.2 Å². The molecule has 0 saturated heterocycles. The second-order valence-electron chi connectivity index (χ2n) is 1.61. The first kappa shape index (κ1) is 7.60. The molecule has 0 aliphatic rings. The number of alkyl halides is 2. The summed E-state index contributed by atoms with van der Waals surface area (Å²) in [4.78, 5) is 0. The third kappa shape index (κ3) is 5.60. The van der Waals surface area contributed by atoms with Gasteiger partial charge >= 0.3 is 0 Å². The van der Waals surface area contributed by atoms with Crippen LogP contribution in [0, 0.1) is 0 Å². The average Bonchev–Trinajstić information content (AvgIpc) is 1.66. The molecule has 0 aromatic carbocycles. The second-order valence-corrected chi connectivity index (χ2v) is 1.61. The van der Waals surface area contributed by atoms with Gasteiger partial charge < -0.3 is 0 Å². The maximum absolute atomic E-state index is 11.3. The number of hydrogen-bond donors (Lipinski definition) is 0. The standard InChI is InChI=1S/C6H10F2/c1-2-3-4-5-6(7)8/h2,6H,1,3-5H2. The molecule has 0 saturated carbocycles. The third-order valence-electron chi connectivity index (χ3n) is 0.831. The summed E-state index contributed by atoms with van der Waals surface area (Å²) in [5.74, 6) is 0. The molecule has 2 heteroatoms. The summed E-state index contributed by atoms with van der Waals surface area (Å²) < 4.78 is 22.6. The van der Waals surface area contributed by atoms with Crippen LogP contribution >= 0.6 is 0 Å². The minimum Gasteiger partial charge on any atom is -0.211 e. The van der Waals surface area contributed by atoms with E-state index in [0.717, 1.165) is 0 Å². The molecular formula is C6H10F2. The minimum absolute atomic E-state index is 0.00597. The Morgan fingerprint density at radius 2 is 2.12 bits per heavy atom. The van der Waals surface area contributed by atoms with Gasteiger partial charge in [0, 0.05) is 6.42 Å². The normalized spacial score (nSPS) is 9.88. The van der Waals surface area contributed by atoms with Crippen molar-refractivity contribution < 1.29 is 8.78 Å². The van der Waals surface area contributed by atoms with Crippen molar-refractivity contribution in [2.75, 3.05) is 0 Å². The van der Waals surface area contributed by atoms with Gasteiger partial charge in [-0.1, -0.05) is 6.08 Å². The van der Waals surface area contributed by atoms with Crippen molar-refractivity contribution in [1.29, 1.82) is 0 Å². The molecule has 0 heterocycles. The highest BCUT2D eigenvalue weighted by atomic mass is 19.3. The van der Waals surface area contributed by atoms with E-state index in [-0.39, 0.29) is 6.42 Å². The maximum atomic E-state index is 11.3. The van der Waals surface area contributed by atoms with Gasteiger partial charge in [0.2, 0.25) is 6.43 Å². The van der Waals surface area contributed by atoms with Gasteiger partial charge in [-0.05, 0) is 12.8 Å². The van der Waals surface area contributed by atoms with Crippen molar-refractivity contribution in [3.8, 4) is 0 Å². The first-order valence-electron chi connectivity index (χ1n) is 2.66. The fraction of sp³-hybridized carbons (Fsp3) is 0.667. The van der Waals surface area contributed by atoms with Crippen molar-refractivity contribution in [3.05, 3.63) is 12.7 Å². The highest BCUT2D eigenvalue weighted by Crippen LogP contribution is 2.04. The Morgan fingerprint density at radius 3 is 2.50 bits per heavy atom. The summed E-state index contributed by atoms with van der Waals surface area (Å²) in [5.41, 5.74) is 0. The molecule has 0 amide bonds. The zero-order valence-electron chi connectivity index (χ0n) is 4.74. The summed E-state index contributed by atoms with van der Waals surface area (Å²) >= 11 is 0. The Hall–Kier alpha value is -0.400. The van der Waals surface area contributed by atoms with Crippen LogP contribution in [-0.2, 0) is 0 Å². The molecule has 0 bridgehead atoms. The monoisotopic (exact) mass is 120 g/mol. The largest absolute Gasteiger partial charge is 0.238 e. The van der Waals surface area contributed by atoms with Crippen molar-refractivity contribution in [2.45, 2.75) is 25.7 Å². The Morgan fingerprint density at radius 1 is 1.50 bits per heavy atom. The van der Waals surface area contributed by atoms with E-state index in [1.54, 1.807) is 6.08 Å². The molecule has 0 atom stereocenters. The average molecular weight is 120 g/mol. The van der Waals surface area contributed by atoms with Gasteiger partial charge in [0.15, 0.2) is 0 Å². The van der Waals surface area contributed by atoms with Gasteiger partial charge in [-0.3, -0.25) is 0 Å². The number of allylic oxidation sites excluding steroid dienone is 1. The fourth-order valence-corrected chi connectivity index (χ4v) is 0.416. The van der Waals surface area contributed by atoms with Crippen LogP contribution in [0.15, 0.2) is 12.7 Å². The zero-order valence-corrected chi connectivity index (χ0v) is 4.74. The number of unbranched alkanes of at least 4 members (excludes halogenated alkanes) is 1. The fourth-order valence-electron chi connectivity index (χ4n) is 0.416. The predicted molar refractivity (Wildman–Crippen MR) is 30.1 cm³/mol. The summed E-state index contributed by atoms with van der Waals surface area (Å²) in [5, 5.41) is 0. The van der Waals surface area contributed by atoms with E-state index in [4.69, 9.17) is 0 Å². The minimum atomic E-state index is -2.14. The van der Waals surface area contributed by atoms with Crippen molar-refractivity contribution >= 4 is 0 Å². The predicted octanol–water partition coefficient (Wildman–Crippen LogP) is 2.61. The molecule has 0 rings (SSSR count). The van der Waals surface area contributed by atoms with Gasteiger partial charge in [0.1, 0.15) is 0 Å². The van der Waals surface area contributed by atoms with Crippen LogP contribution in [0.3, 0.4) is 0 Å². The van der Waals surface area contributed by atoms with E-state index in [1.165, 1.54) is 0 Å². The molecule has 0 radical (unpaired) electrons. The summed E-state index contributed by atoms with van der Waals surface area (Å²) in [7, 11) is 0. The maximum Gasteiger partial charge on any atom is 0.238 e. The van der Waals surface area contributed by atoms with Gasteiger partial charge in [-0.15, -0.1) is 6.58 Å². The van der Waals surface area contributed by atoms with Gasteiger partial charge in [-0.2, -0.15) is 0 Å². The summed E-state index contributed by atoms with van der Waals surface area (Å²) in [6, 6.07) is 0. The SMILES string of the molecule is C=CCCCC(F)F. The molecule has 0 spiro atoms. The molecule has 8 heavy (non-hydrogen) atoms. The van der Waals surface area contributed by atoms with E-state index < -0.39 is 6.43 Å². The van der Waals surface area contributed by atoms with Gasteiger partial charge in [0.05, 0.1) is 0 Å². The third-order valence-corrected chi connectivity index (χ3v) is 0.831. The quantitative estimate of drug-likeness (QED) is 0.395. The molecule has 0 unspecified atom stereocenters. The van der Waals surface area contributed by atoms with Crippen LogP contribution in [-0.4, -0.2) is 6.43 Å². The molecule has 0 fully saturated rings. The molecule has 0 aromatic heterocycles. The van der Waals surface area contributed by atoms with Crippen LogP contribution < -0.4 is 0 Å². The van der Waals surface area contributed by atoms with Crippen molar-refractivity contribution in [3.63, 3.8) is 0 Å². The Bertz CT molecular complexity index is 59.5. The second kappa shape index (κ2) is 4.75. The Kier molecular flexibility index (Phi) is 4.51. The lowest BCUT2D eigenvalue weighted by Crippen LogP contribution is -1.87. The van der Waals surface area contributed by atoms with E-state index in [2.05, 4.69) is 6.58 Å². The first-order valence-corrected chi connectivity index (χ1v) is 2.66. The van der Waals surface area contributed by atoms with Crippen LogP contribution in [0.2, 0.25) is 0 Å². The zero-order chi connectivity index (χ0) is 6.41. The molecule has 48 valence electrons. The topological polar surface area (TPSA) is 0 Å². The van der Waals surface area contributed by atoms with E-state index in [1.807, 2.05) is 0 Å². The molecule has 0 nitrogen and oxygen atoms in total. The lowest BCUT2D eigenvalue weighted by molar-refractivity contribution is 0.135. The lowest BCUT2D eigenvalue weighted by Gasteiger charge is -1.92. The first-order chi connectivity index (χ1) is 3.77. The van der Waals surface area contributed by atoms with Gasteiger partial charge in [-0.25, -0.2) is 8.78 Å². The van der Waals surface area contributed by atoms with Crippen molar-refractivity contribution in [1.82, 2.24) is 0 Å². The van der Waals surface area contributed by atoms with Crippen LogP contribution in [0.25, 0.3) is 0 Å². The van der Waals surface area contributed by atoms with Crippen LogP contribution in [0.4, 0.5) is 8.78 Å². The van der Waals surface area contributed by atoms with E-state index in [0.29, 0.717) is 12.8 Å². The lowest BCUT2D eigenvalue weighted by atomic mass is 10.2. The molecule has 0 aliphatic heterocycles. The smallest absolute Gasteiger partial charge is 0.211 e. The summed E-state index contributed by atoms with van der Waals surface area (Å²) in [6.07, 6.45) is 0.773. The van der Waals surface area contributed by atoms with Gasteiger partial charge in [0.25, 0.3) is 0 Å². The number of hydrogen-bond acceptors (Lipinski definition) is 0. The number of rotatable bonds is 4. The highest BCUT2D eigenvalue weighted by molar-refractivity contribution is 4.65. The molecule has 0 N–H and O–H groups in total. The summed E-state index contributed by atoms with van der Waals surface area (Å²) in [6.45, 7) is 3.41. The molecular weight excluding hydrogens is 110 g/mol. The number of halogens is 2. The van der Waals surface area contributed by atoms with Crippen LogP contribution in [0.1, 0.15) is 19.3 Å². The van der Waals surface area contributed by atoms with Crippen molar-refractivity contribution in [2.24, 2.45) is 0 Å². The molecule has 0 aliphatic carbocycles. The molecule has 0 aromatic rings. The van der Waals surface area contributed by atoms with E-state index >= 15 is 0 Å². The Balaban J connectivity index is 2.81.